The third-order valence-corrected chi connectivity index (χ3v) is 1.91. The third kappa shape index (κ3) is 3.85. The maximum atomic E-state index is 5.54. The predicted molar refractivity (Wildman–Crippen MR) is 58.7 cm³/mol. The van der Waals surface area contributed by atoms with E-state index in [0.29, 0.717) is 6.54 Å². The van der Waals surface area contributed by atoms with Crippen molar-refractivity contribution >= 4 is 0 Å². The van der Waals surface area contributed by atoms with Crippen molar-refractivity contribution in [3.8, 4) is 0 Å². The van der Waals surface area contributed by atoms with Crippen molar-refractivity contribution in [2.45, 2.75) is 39.4 Å². The molecular weight excluding hydrogens is 174 g/mol. The maximum absolute atomic E-state index is 5.54. The molecular formula is C11H19N3. The molecule has 3 N–H and O–H groups in total. The molecule has 1 aromatic rings. The van der Waals surface area contributed by atoms with Gasteiger partial charge in [-0.1, -0.05) is 6.07 Å². The SMILES string of the molecule is CC(C)(C)NCc1cncc(CN)c1. The monoisotopic (exact) mass is 193 g/mol. The number of pyridine rings is 1. The van der Waals surface area contributed by atoms with Gasteiger partial charge in [-0.3, -0.25) is 4.98 Å². The van der Waals surface area contributed by atoms with Gasteiger partial charge in [0.15, 0.2) is 0 Å². The number of hydrogen-bond acceptors (Lipinski definition) is 3. The zero-order chi connectivity index (χ0) is 10.6. The molecule has 0 aliphatic rings. The molecule has 0 atom stereocenters. The van der Waals surface area contributed by atoms with Gasteiger partial charge >= 0.3 is 0 Å². The number of hydrogen-bond donors (Lipinski definition) is 2. The molecule has 1 aromatic heterocycles. The normalized spacial score (nSPS) is 11.7. The molecule has 0 aliphatic carbocycles. The minimum Gasteiger partial charge on any atom is -0.326 e. The van der Waals surface area contributed by atoms with Crippen molar-refractivity contribution in [1.29, 1.82) is 0 Å². The van der Waals surface area contributed by atoms with Gasteiger partial charge in [-0.05, 0) is 31.9 Å². The van der Waals surface area contributed by atoms with E-state index in [2.05, 4.69) is 37.1 Å². The minimum absolute atomic E-state index is 0.138. The van der Waals surface area contributed by atoms with Crippen LogP contribution in [0.4, 0.5) is 0 Å². The summed E-state index contributed by atoms with van der Waals surface area (Å²) in [4.78, 5) is 4.14. The average Bonchev–Trinajstić information content (AvgIpc) is 2.14. The van der Waals surface area contributed by atoms with Gasteiger partial charge in [0.1, 0.15) is 0 Å². The van der Waals surface area contributed by atoms with Gasteiger partial charge in [-0.15, -0.1) is 0 Å². The van der Waals surface area contributed by atoms with Crippen LogP contribution in [0.5, 0.6) is 0 Å². The Balaban J connectivity index is 2.59. The molecule has 0 fully saturated rings. The van der Waals surface area contributed by atoms with Crippen LogP contribution in [0, 0.1) is 0 Å². The predicted octanol–water partition coefficient (Wildman–Crippen LogP) is 1.43. The van der Waals surface area contributed by atoms with Crippen LogP contribution in [0.25, 0.3) is 0 Å². The first-order valence-electron chi connectivity index (χ1n) is 4.89. The lowest BCUT2D eigenvalue weighted by Crippen LogP contribution is -2.35. The first-order valence-corrected chi connectivity index (χ1v) is 4.89. The Kier molecular flexibility index (Phi) is 3.61. The molecule has 0 spiro atoms. The molecule has 3 nitrogen and oxygen atoms in total. The fourth-order valence-electron chi connectivity index (χ4n) is 1.12. The lowest BCUT2D eigenvalue weighted by molar-refractivity contribution is 0.424. The third-order valence-electron chi connectivity index (χ3n) is 1.91. The lowest BCUT2D eigenvalue weighted by atomic mass is 10.1. The fraction of sp³-hybridized carbons (Fsp3) is 0.545. The van der Waals surface area contributed by atoms with E-state index in [1.54, 1.807) is 6.20 Å². The molecule has 0 bridgehead atoms. The standard InChI is InChI=1S/C11H19N3/c1-11(2,3)14-8-10-4-9(5-12)6-13-7-10/h4,6-7,14H,5,8,12H2,1-3H3. The molecule has 0 amide bonds. The highest BCUT2D eigenvalue weighted by atomic mass is 14.9. The summed E-state index contributed by atoms with van der Waals surface area (Å²) in [6.07, 6.45) is 3.68. The Hall–Kier alpha value is -0.930. The molecule has 0 aromatic carbocycles. The van der Waals surface area contributed by atoms with E-state index in [1.807, 2.05) is 6.20 Å². The van der Waals surface area contributed by atoms with Crippen molar-refractivity contribution in [3.63, 3.8) is 0 Å². The van der Waals surface area contributed by atoms with E-state index < -0.39 is 0 Å². The molecule has 78 valence electrons. The van der Waals surface area contributed by atoms with Crippen molar-refractivity contribution in [2.75, 3.05) is 0 Å². The van der Waals surface area contributed by atoms with Gasteiger partial charge in [0, 0.05) is 31.0 Å². The average molecular weight is 193 g/mol. The Bertz CT molecular complexity index is 289. The Morgan fingerprint density at radius 2 is 1.93 bits per heavy atom. The Morgan fingerprint density at radius 3 is 2.50 bits per heavy atom. The summed E-state index contributed by atoms with van der Waals surface area (Å²) in [5.41, 5.74) is 7.94. The molecule has 14 heavy (non-hydrogen) atoms. The molecule has 0 aliphatic heterocycles. The molecule has 0 saturated carbocycles. The largest absolute Gasteiger partial charge is 0.326 e. The first kappa shape index (κ1) is 11.1. The molecule has 1 heterocycles. The maximum Gasteiger partial charge on any atom is 0.0313 e. The Labute approximate surface area is 85.7 Å². The second kappa shape index (κ2) is 4.53. The zero-order valence-corrected chi connectivity index (χ0v) is 9.17. The Morgan fingerprint density at radius 1 is 1.29 bits per heavy atom. The van der Waals surface area contributed by atoms with Gasteiger partial charge in [0.25, 0.3) is 0 Å². The highest BCUT2D eigenvalue weighted by Gasteiger charge is 2.08. The van der Waals surface area contributed by atoms with Crippen LogP contribution in [0.1, 0.15) is 31.9 Å². The van der Waals surface area contributed by atoms with E-state index >= 15 is 0 Å². The van der Waals surface area contributed by atoms with Crippen LogP contribution in [0.15, 0.2) is 18.5 Å². The van der Waals surface area contributed by atoms with Crippen molar-refractivity contribution < 1.29 is 0 Å². The van der Waals surface area contributed by atoms with E-state index in [0.717, 1.165) is 12.1 Å². The van der Waals surface area contributed by atoms with Crippen LogP contribution >= 0.6 is 0 Å². The van der Waals surface area contributed by atoms with Gasteiger partial charge < -0.3 is 11.1 Å². The zero-order valence-electron chi connectivity index (χ0n) is 9.17. The summed E-state index contributed by atoms with van der Waals surface area (Å²) >= 11 is 0. The van der Waals surface area contributed by atoms with E-state index in [9.17, 15) is 0 Å². The summed E-state index contributed by atoms with van der Waals surface area (Å²) in [5.74, 6) is 0. The fourth-order valence-corrected chi connectivity index (χ4v) is 1.12. The van der Waals surface area contributed by atoms with Gasteiger partial charge in [0.05, 0.1) is 0 Å². The summed E-state index contributed by atoms with van der Waals surface area (Å²) < 4.78 is 0. The second-order valence-electron chi connectivity index (χ2n) is 4.51. The summed E-state index contributed by atoms with van der Waals surface area (Å²) in [5, 5.41) is 3.41. The highest BCUT2D eigenvalue weighted by molar-refractivity contribution is 5.17. The van der Waals surface area contributed by atoms with Crippen LogP contribution in [0.2, 0.25) is 0 Å². The smallest absolute Gasteiger partial charge is 0.0313 e. The van der Waals surface area contributed by atoms with Gasteiger partial charge in [-0.2, -0.15) is 0 Å². The summed E-state index contributed by atoms with van der Waals surface area (Å²) in [6, 6.07) is 2.09. The number of nitrogens with two attached hydrogens (primary N) is 1. The van der Waals surface area contributed by atoms with Crippen molar-refractivity contribution in [1.82, 2.24) is 10.3 Å². The molecule has 0 unspecified atom stereocenters. The number of nitrogens with one attached hydrogen (secondary N) is 1. The van der Waals surface area contributed by atoms with Crippen molar-refractivity contribution in [3.05, 3.63) is 29.6 Å². The van der Waals surface area contributed by atoms with Crippen LogP contribution in [-0.2, 0) is 13.1 Å². The van der Waals surface area contributed by atoms with Gasteiger partial charge in [-0.25, -0.2) is 0 Å². The first-order chi connectivity index (χ1) is 6.51. The van der Waals surface area contributed by atoms with E-state index in [4.69, 9.17) is 5.73 Å². The topological polar surface area (TPSA) is 50.9 Å². The molecule has 0 saturated heterocycles. The number of aromatic nitrogens is 1. The number of rotatable bonds is 3. The summed E-state index contributed by atoms with van der Waals surface area (Å²) in [6.45, 7) is 7.83. The second-order valence-corrected chi connectivity index (χ2v) is 4.51. The lowest BCUT2D eigenvalue weighted by Gasteiger charge is -2.20. The highest BCUT2D eigenvalue weighted by Crippen LogP contribution is 2.05. The molecule has 1 rings (SSSR count). The molecule has 3 heteroatoms. The van der Waals surface area contributed by atoms with E-state index in [1.165, 1.54) is 5.56 Å². The van der Waals surface area contributed by atoms with Crippen LogP contribution in [-0.4, -0.2) is 10.5 Å². The molecule has 0 radical (unpaired) electrons. The van der Waals surface area contributed by atoms with Crippen LogP contribution < -0.4 is 11.1 Å². The van der Waals surface area contributed by atoms with E-state index in [-0.39, 0.29) is 5.54 Å². The summed E-state index contributed by atoms with van der Waals surface area (Å²) in [7, 11) is 0. The van der Waals surface area contributed by atoms with Crippen molar-refractivity contribution in [2.24, 2.45) is 5.73 Å². The minimum atomic E-state index is 0.138. The van der Waals surface area contributed by atoms with Crippen LogP contribution in [0.3, 0.4) is 0 Å². The quantitative estimate of drug-likeness (QED) is 0.763. The van der Waals surface area contributed by atoms with Gasteiger partial charge in [0.2, 0.25) is 0 Å². The number of nitrogens with zero attached hydrogens (tertiary/aromatic N) is 1.